The Balaban J connectivity index is 1.77. The fourth-order valence-electron chi connectivity index (χ4n) is 3.20. The van der Waals surface area contributed by atoms with Gasteiger partial charge in [0.15, 0.2) is 0 Å². The monoisotopic (exact) mass is 355 g/mol. The van der Waals surface area contributed by atoms with E-state index in [1.165, 1.54) is 0 Å². The van der Waals surface area contributed by atoms with Crippen LogP contribution < -0.4 is 10.6 Å². The Hall–Kier alpha value is -2.61. The van der Waals surface area contributed by atoms with Gasteiger partial charge >= 0.3 is 0 Å². The smallest absolute Gasteiger partial charge is 0.236 e. The maximum absolute atomic E-state index is 12.1. The van der Waals surface area contributed by atoms with Crippen LogP contribution in [0, 0.1) is 20.8 Å². The molecule has 1 saturated heterocycles. The minimum atomic E-state index is 0.115. The predicted octanol–water partition coefficient (Wildman–Crippen LogP) is 1.47. The van der Waals surface area contributed by atoms with E-state index in [0.717, 1.165) is 35.9 Å². The van der Waals surface area contributed by atoms with Crippen LogP contribution >= 0.6 is 0 Å². The topological polar surface area (TPSA) is 95.9 Å². The number of aromatic nitrogens is 4. The third-order valence-corrected chi connectivity index (χ3v) is 4.33. The van der Waals surface area contributed by atoms with Crippen molar-refractivity contribution < 1.29 is 4.79 Å². The van der Waals surface area contributed by atoms with E-state index in [0.29, 0.717) is 24.9 Å². The molecule has 0 radical (unpaired) electrons. The molecule has 138 valence electrons. The summed E-state index contributed by atoms with van der Waals surface area (Å²) in [5.41, 5.74) is 2.68. The van der Waals surface area contributed by atoms with E-state index < -0.39 is 0 Å². The maximum atomic E-state index is 12.1. The van der Waals surface area contributed by atoms with Crippen molar-refractivity contribution in [1.29, 1.82) is 0 Å². The Bertz CT molecular complexity index is 788. The zero-order valence-corrected chi connectivity index (χ0v) is 15.7. The van der Waals surface area contributed by atoms with Crippen LogP contribution in [0.3, 0.4) is 0 Å². The van der Waals surface area contributed by atoms with E-state index in [1.807, 2.05) is 37.8 Å². The number of anilines is 2. The SMILES string of the molecule is CNCC(=O)N1CCC(c2nc(C)cc(Nc3nc(C)cc(C)n3)n2)C1. The van der Waals surface area contributed by atoms with Crippen molar-refractivity contribution in [1.82, 2.24) is 30.2 Å². The van der Waals surface area contributed by atoms with Crippen molar-refractivity contribution in [3.8, 4) is 0 Å². The van der Waals surface area contributed by atoms with Gasteiger partial charge in [0.05, 0.1) is 6.54 Å². The number of aryl methyl sites for hydroxylation is 3. The molecule has 1 aliphatic heterocycles. The minimum Gasteiger partial charge on any atom is -0.341 e. The number of rotatable bonds is 5. The highest BCUT2D eigenvalue weighted by Crippen LogP contribution is 2.26. The number of hydrogen-bond acceptors (Lipinski definition) is 7. The Labute approximate surface area is 153 Å². The number of carbonyl (C=O) groups is 1. The first-order valence-corrected chi connectivity index (χ1v) is 8.82. The molecule has 2 aromatic heterocycles. The van der Waals surface area contributed by atoms with Crippen LogP contribution in [0.2, 0.25) is 0 Å². The molecule has 1 amide bonds. The quantitative estimate of drug-likeness (QED) is 0.838. The predicted molar refractivity (Wildman–Crippen MR) is 99.4 cm³/mol. The fourth-order valence-corrected chi connectivity index (χ4v) is 3.20. The van der Waals surface area contributed by atoms with Gasteiger partial charge in [-0.15, -0.1) is 0 Å². The van der Waals surface area contributed by atoms with Crippen LogP contribution in [0.4, 0.5) is 11.8 Å². The summed E-state index contributed by atoms with van der Waals surface area (Å²) in [6, 6.07) is 3.81. The van der Waals surface area contributed by atoms with Crippen molar-refractivity contribution >= 4 is 17.7 Å². The molecule has 0 spiro atoms. The van der Waals surface area contributed by atoms with Crippen LogP contribution in [0.15, 0.2) is 12.1 Å². The van der Waals surface area contributed by atoms with E-state index in [4.69, 9.17) is 0 Å². The van der Waals surface area contributed by atoms with Gasteiger partial charge in [0.1, 0.15) is 11.6 Å². The molecule has 0 saturated carbocycles. The number of carbonyl (C=O) groups excluding carboxylic acids is 1. The largest absolute Gasteiger partial charge is 0.341 e. The van der Waals surface area contributed by atoms with E-state index in [-0.39, 0.29) is 11.8 Å². The highest BCUT2D eigenvalue weighted by Gasteiger charge is 2.29. The molecule has 8 nitrogen and oxygen atoms in total. The van der Waals surface area contributed by atoms with E-state index in [1.54, 1.807) is 7.05 Å². The van der Waals surface area contributed by atoms with Gasteiger partial charge in [0.25, 0.3) is 0 Å². The number of nitrogens with one attached hydrogen (secondary N) is 2. The molecule has 0 aliphatic carbocycles. The molecule has 1 aliphatic rings. The second-order valence-electron chi connectivity index (χ2n) is 6.71. The lowest BCUT2D eigenvalue weighted by atomic mass is 10.1. The average Bonchev–Trinajstić information content (AvgIpc) is 3.03. The molecule has 3 rings (SSSR count). The van der Waals surface area contributed by atoms with E-state index in [2.05, 4.69) is 30.6 Å². The van der Waals surface area contributed by atoms with Gasteiger partial charge in [0, 0.05) is 42.2 Å². The number of nitrogens with zero attached hydrogens (tertiary/aromatic N) is 5. The second-order valence-corrected chi connectivity index (χ2v) is 6.71. The molecule has 0 aromatic carbocycles. The zero-order chi connectivity index (χ0) is 18.7. The summed E-state index contributed by atoms with van der Waals surface area (Å²) >= 11 is 0. The van der Waals surface area contributed by atoms with E-state index in [9.17, 15) is 4.79 Å². The van der Waals surface area contributed by atoms with Crippen molar-refractivity contribution in [3.05, 3.63) is 35.0 Å². The Morgan fingerprint density at radius 1 is 1.12 bits per heavy atom. The van der Waals surface area contributed by atoms with Gasteiger partial charge in [-0.2, -0.15) is 0 Å². The van der Waals surface area contributed by atoms with Crippen LogP contribution in [-0.4, -0.2) is 57.4 Å². The Kier molecular flexibility index (Phi) is 5.41. The summed E-state index contributed by atoms with van der Waals surface area (Å²) in [5, 5.41) is 6.09. The third kappa shape index (κ3) is 4.32. The van der Waals surface area contributed by atoms with Gasteiger partial charge in [-0.3, -0.25) is 4.79 Å². The number of likely N-dealkylation sites (N-methyl/N-ethyl adjacent to an activating group) is 1. The second kappa shape index (κ2) is 7.74. The lowest BCUT2D eigenvalue weighted by molar-refractivity contribution is -0.129. The van der Waals surface area contributed by atoms with Crippen molar-refractivity contribution in [2.75, 3.05) is 32.0 Å². The summed E-state index contributed by atoms with van der Waals surface area (Å²) < 4.78 is 0. The van der Waals surface area contributed by atoms with Gasteiger partial charge in [-0.1, -0.05) is 0 Å². The standard InChI is InChI=1S/C18H25N7O/c1-11-7-12(2)22-18(21-11)24-15-8-13(3)20-17(23-15)14-5-6-25(10-14)16(26)9-19-4/h7-8,14,19H,5-6,9-10H2,1-4H3,(H,20,21,22,23,24). The zero-order valence-electron chi connectivity index (χ0n) is 15.7. The van der Waals surface area contributed by atoms with Crippen LogP contribution in [0.25, 0.3) is 0 Å². The molecule has 2 N–H and O–H groups in total. The number of likely N-dealkylation sites (tertiary alicyclic amines) is 1. The summed E-state index contributed by atoms with van der Waals surface area (Å²) in [4.78, 5) is 32.0. The molecule has 1 atom stereocenters. The third-order valence-electron chi connectivity index (χ3n) is 4.33. The number of hydrogen-bond donors (Lipinski definition) is 2. The maximum Gasteiger partial charge on any atom is 0.236 e. The molecule has 26 heavy (non-hydrogen) atoms. The molecule has 2 aromatic rings. The Morgan fingerprint density at radius 2 is 1.81 bits per heavy atom. The van der Waals surface area contributed by atoms with E-state index >= 15 is 0 Å². The van der Waals surface area contributed by atoms with Crippen molar-refractivity contribution in [2.45, 2.75) is 33.1 Å². The number of amides is 1. The summed E-state index contributed by atoms with van der Waals surface area (Å²) in [7, 11) is 1.78. The molecule has 8 heteroatoms. The fraction of sp³-hybridized carbons (Fsp3) is 0.500. The highest BCUT2D eigenvalue weighted by molar-refractivity contribution is 5.78. The van der Waals surface area contributed by atoms with Crippen LogP contribution in [0.1, 0.15) is 35.2 Å². The molecule has 1 fully saturated rings. The lowest BCUT2D eigenvalue weighted by Gasteiger charge is -2.16. The summed E-state index contributed by atoms with van der Waals surface area (Å²) in [6.45, 7) is 7.57. The van der Waals surface area contributed by atoms with Crippen LogP contribution in [0.5, 0.6) is 0 Å². The first-order chi connectivity index (χ1) is 12.4. The minimum absolute atomic E-state index is 0.115. The van der Waals surface area contributed by atoms with Gasteiger partial charge in [-0.25, -0.2) is 19.9 Å². The highest BCUT2D eigenvalue weighted by atomic mass is 16.2. The van der Waals surface area contributed by atoms with Gasteiger partial charge in [0.2, 0.25) is 11.9 Å². The lowest BCUT2D eigenvalue weighted by Crippen LogP contribution is -2.35. The average molecular weight is 355 g/mol. The van der Waals surface area contributed by atoms with Gasteiger partial charge in [-0.05, 0) is 40.3 Å². The molecule has 1 unspecified atom stereocenters. The first-order valence-electron chi connectivity index (χ1n) is 8.82. The summed E-state index contributed by atoms with van der Waals surface area (Å²) in [6.07, 6.45) is 0.873. The molecule has 0 bridgehead atoms. The van der Waals surface area contributed by atoms with Gasteiger partial charge < -0.3 is 15.5 Å². The molecule has 3 heterocycles. The van der Waals surface area contributed by atoms with Crippen molar-refractivity contribution in [2.24, 2.45) is 0 Å². The molecular formula is C18H25N7O. The van der Waals surface area contributed by atoms with Crippen LogP contribution in [-0.2, 0) is 4.79 Å². The normalized spacial score (nSPS) is 16.8. The molecular weight excluding hydrogens is 330 g/mol. The summed E-state index contributed by atoms with van der Waals surface area (Å²) in [5.74, 6) is 2.24. The Morgan fingerprint density at radius 3 is 2.50 bits per heavy atom. The first kappa shape index (κ1) is 18.2. The van der Waals surface area contributed by atoms with Crippen molar-refractivity contribution in [3.63, 3.8) is 0 Å².